The molecular weight excluding hydrogens is 428 g/mol. The van der Waals surface area contributed by atoms with E-state index in [1.807, 2.05) is 44.2 Å². The van der Waals surface area contributed by atoms with Crippen LogP contribution < -0.4 is 10.6 Å². The standard InChI is InChI=1S/C27H36N4O3/c1-27(2,21-8-4-3-5-9-21)26(34)30-23(25(32)33)14-16-31-17-19(18-31)10-12-22-13-11-20-7-6-15-28-24(20)29-22/h3-5,8-9,11,13,19,23H,6-7,10,12,14-18H2,1-2H3,(H,28,29)(H,30,34)(H,32,33). The lowest BCUT2D eigenvalue weighted by molar-refractivity contribution is -0.143. The molecule has 4 rings (SSSR count). The van der Waals surface area contributed by atoms with Crippen molar-refractivity contribution in [3.63, 3.8) is 0 Å². The third-order valence-electron chi connectivity index (χ3n) is 7.19. The molecule has 0 saturated carbocycles. The first kappa shape index (κ1) is 24.2. The lowest BCUT2D eigenvalue weighted by Crippen LogP contribution is -2.52. The van der Waals surface area contributed by atoms with Crippen molar-refractivity contribution in [3.8, 4) is 0 Å². The van der Waals surface area contributed by atoms with E-state index in [2.05, 4.69) is 27.7 Å². The smallest absolute Gasteiger partial charge is 0.326 e. The van der Waals surface area contributed by atoms with Crippen LogP contribution in [0.5, 0.6) is 0 Å². The van der Waals surface area contributed by atoms with E-state index < -0.39 is 17.4 Å². The number of pyridine rings is 1. The Kier molecular flexibility index (Phi) is 7.51. The van der Waals surface area contributed by atoms with Crippen LogP contribution in [0.4, 0.5) is 5.82 Å². The number of likely N-dealkylation sites (tertiary alicyclic amines) is 1. The summed E-state index contributed by atoms with van der Waals surface area (Å²) in [6, 6.07) is 12.9. The van der Waals surface area contributed by atoms with Crippen molar-refractivity contribution in [1.82, 2.24) is 15.2 Å². The lowest BCUT2D eigenvalue weighted by atomic mass is 9.83. The van der Waals surface area contributed by atoms with Gasteiger partial charge in [-0.15, -0.1) is 0 Å². The van der Waals surface area contributed by atoms with Gasteiger partial charge in [-0.25, -0.2) is 9.78 Å². The van der Waals surface area contributed by atoms with Crippen LogP contribution in [0.2, 0.25) is 0 Å². The number of aryl methyl sites for hydroxylation is 2. The number of hydrogen-bond acceptors (Lipinski definition) is 5. The first-order valence-corrected chi connectivity index (χ1v) is 12.4. The van der Waals surface area contributed by atoms with Gasteiger partial charge in [0.25, 0.3) is 0 Å². The topological polar surface area (TPSA) is 94.6 Å². The molecule has 3 N–H and O–H groups in total. The number of nitrogens with one attached hydrogen (secondary N) is 2. The van der Waals surface area contributed by atoms with Gasteiger partial charge >= 0.3 is 5.97 Å². The molecule has 1 amide bonds. The fourth-order valence-corrected chi connectivity index (χ4v) is 4.80. The Morgan fingerprint density at radius 2 is 1.97 bits per heavy atom. The van der Waals surface area contributed by atoms with E-state index in [1.54, 1.807) is 0 Å². The number of carboxylic acid groups (broad SMARTS) is 1. The number of benzene rings is 1. The van der Waals surface area contributed by atoms with E-state index in [9.17, 15) is 14.7 Å². The molecule has 1 saturated heterocycles. The highest BCUT2D eigenvalue weighted by Crippen LogP contribution is 2.25. The van der Waals surface area contributed by atoms with Crippen molar-refractivity contribution in [2.75, 3.05) is 31.5 Å². The Hall–Kier alpha value is -2.93. The molecule has 0 radical (unpaired) electrons. The summed E-state index contributed by atoms with van der Waals surface area (Å²) in [4.78, 5) is 31.7. The molecule has 2 aliphatic heterocycles. The zero-order valence-corrected chi connectivity index (χ0v) is 20.2. The fraction of sp³-hybridized carbons (Fsp3) is 0.519. The van der Waals surface area contributed by atoms with Gasteiger partial charge in [-0.05, 0) is 69.1 Å². The summed E-state index contributed by atoms with van der Waals surface area (Å²) in [5.41, 5.74) is 2.53. The zero-order valence-electron chi connectivity index (χ0n) is 20.2. The third kappa shape index (κ3) is 5.76. The molecule has 1 aromatic carbocycles. The molecule has 0 spiro atoms. The van der Waals surface area contributed by atoms with Crippen molar-refractivity contribution < 1.29 is 14.7 Å². The highest BCUT2D eigenvalue weighted by molar-refractivity contribution is 5.90. The van der Waals surface area contributed by atoms with Crippen LogP contribution in [-0.4, -0.2) is 59.1 Å². The Labute approximate surface area is 202 Å². The SMILES string of the molecule is CC(C)(C(=O)NC(CCN1CC(CCc2ccc3c(n2)NCCC3)C1)C(=O)O)c1ccccc1. The molecule has 7 nitrogen and oxygen atoms in total. The molecule has 2 aromatic rings. The second kappa shape index (κ2) is 10.6. The number of nitrogens with zero attached hydrogens (tertiary/aromatic N) is 2. The van der Waals surface area contributed by atoms with E-state index >= 15 is 0 Å². The highest BCUT2D eigenvalue weighted by Gasteiger charge is 2.34. The first-order valence-electron chi connectivity index (χ1n) is 12.4. The van der Waals surface area contributed by atoms with Crippen LogP contribution in [0.15, 0.2) is 42.5 Å². The molecule has 34 heavy (non-hydrogen) atoms. The van der Waals surface area contributed by atoms with Gasteiger partial charge in [-0.1, -0.05) is 36.4 Å². The summed E-state index contributed by atoms with van der Waals surface area (Å²) in [7, 11) is 0. The van der Waals surface area contributed by atoms with Crippen LogP contribution in [0.1, 0.15) is 49.9 Å². The maximum Gasteiger partial charge on any atom is 0.326 e. The molecule has 0 aliphatic carbocycles. The minimum absolute atomic E-state index is 0.264. The van der Waals surface area contributed by atoms with Crippen LogP contribution in [0, 0.1) is 5.92 Å². The largest absolute Gasteiger partial charge is 0.480 e. The minimum Gasteiger partial charge on any atom is -0.480 e. The summed E-state index contributed by atoms with van der Waals surface area (Å²) < 4.78 is 0. The predicted octanol–water partition coefficient (Wildman–Crippen LogP) is 3.24. The molecule has 1 fully saturated rings. The number of carbonyl (C=O) groups is 2. The van der Waals surface area contributed by atoms with E-state index in [-0.39, 0.29) is 5.91 Å². The van der Waals surface area contributed by atoms with E-state index in [1.165, 1.54) is 12.0 Å². The maximum atomic E-state index is 12.9. The van der Waals surface area contributed by atoms with Gasteiger partial charge in [-0.3, -0.25) is 4.79 Å². The number of hydrogen-bond donors (Lipinski definition) is 3. The second-order valence-electron chi connectivity index (χ2n) is 10.1. The molecule has 3 heterocycles. The van der Waals surface area contributed by atoms with Gasteiger partial charge in [-0.2, -0.15) is 0 Å². The highest BCUT2D eigenvalue weighted by atomic mass is 16.4. The molecule has 1 aromatic heterocycles. The maximum absolute atomic E-state index is 12.9. The molecule has 182 valence electrons. The van der Waals surface area contributed by atoms with Crippen molar-refractivity contribution in [3.05, 3.63) is 59.3 Å². The van der Waals surface area contributed by atoms with Crippen LogP contribution >= 0.6 is 0 Å². The quantitative estimate of drug-likeness (QED) is 0.500. The van der Waals surface area contributed by atoms with Crippen molar-refractivity contribution in [1.29, 1.82) is 0 Å². The minimum atomic E-state index is -0.985. The summed E-state index contributed by atoms with van der Waals surface area (Å²) in [5.74, 6) is 0.415. The molecule has 0 bridgehead atoms. The second-order valence-corrected chi connectivity index (χ2v) is 10.1. The number of carboxylic acids is 1. The van der Waals surface area contributed by atoms with Crippen LogP contribution in [0.3, 0.4) is 0 Å². The summed E-state index contributed by atoms with van der Waals surface area (Å²) >= 11 is 0. The van der Waals surface area contributed by atoms with Gasteiger partial charge < -0.3 is 20.6 Å². The third-order valence-corrected chi connectivity index (χ3v) is 7.19. The number of fused-ring (bicyclic) bond motifs is 1. The van der Waals surface area contributed by atoms with Crippen molar-refractivity contribution in [2.45, 2.75) is 57.4 Å². The van der Waals surface area contributed by atoms with Gasteiger partial charge in [0.05, 0.1) is 5.41 Å². The van der Waals surface area contributed by atoms with E-state index in [0.29, 0.717) is 18.9 Å². The molecular formula is C27H36N4O3. The van der Waals surface area contributed by atoms with E-state index in [0.717, 1.165) is 56.0 Å². The molecule has 1 unspecified atom stereocenters. The van der Waals surface area contributed by atoms with Gasteiger partial charge in [0.15, 0.2) is 0 Å². The van der Waals surface area contributed by atoms with Crippen molar-refractivity contribution in [2.24, 2.45) is 5.92 Å². The normalized spacial score (nSPS) is 17.2. The number of anilines is 1. The lowest BCUT2D eigenvalue weighted by Gasteiger charge is -2.40. The van der Waals surface area contributed by atoms with Gasteiger partial charge in [0.1, 0.15) is 11.9 Å². The summed E-state index contributed by atoms with van der Waals surface area (Å²) in [6.07, 6.45) is 4.73. The molecule has 2 aliphatic rings. The summed E-state index contributed by atoms with van der Waals surface area (Å²) in [5, 5.41) is 15.8. The van der Waals surface area contributed by atoms with Crippen LogP contribution in [0.25, 0.3) is 0 Å². The molecule has 1 atom stereocenters. The van der Waals surface area contributed by atoms with E-state index in [4.69, 9.17) is 4.98 Å². The Morgan fingerprint density at radius 1 is 1.21 bits per heavy atom. The number of amides is 1. The monoisotopic (exact) mass is 464 g/mol. The average Bonchev–Trinajstić information content (AvgIpc) is 2.82. The van der Waals surface area contributed by atoms with Crippen LogP contribution in [-0.2, 0) is 27.8 Å². The van der Waals surface area contributed by atoms with Gasteiger partial charge in [0, 0.05) is 31.9 Å². The first-order chi connectivity index (χ1) is 16.3. The van der Waals surface area contributed by atoms with Crippen molar-refractivity contribution >= 4 is 17.7 Å². The van der Waals surface area contributed by atoms with Gasteiger partial charge in [0.2, 0.25) is 5.91 Å². The Morgan fingerprint density at radius 3 is 2.71 bits per heavy atom. The number of aliphatic carboxylic acids is 1. The predicted molar refractivity (Wildman–Crippen MR) is 133 cm³/mol. The zero-order chi connectivity index (χ0) is 24.1. The number of carbonyl (C=O) groups excluding carboxylic acids is 1. The average molecular weight is 465 g/mol. The summed E-state index contributed by atoms with van der Waals surface area (Å²) in [6.45, 7) is 7.26. The fourth-order valence-electron chi connectivity index (χ4n) is 4.80. The Balaban J connectivity index is 1.20. The molecule has 7 heteroatoms. The Bertz CT molecular complexity index is 1000. The number of aromatic nitrogens is 1. The number of rotatable bonds is 10.